The minimum Gasteiger partial charge on any atom is -0.488 e. The molecule has 0 spiro atoms. The molecule has 26 heavy (non-hydrogen) atoms. The van der Waals surface area contributed by atoms with E-state index in [9.17, 15) is 18.0 Å². The van der Waals surface area contributed by atoms with Crippen molar-refractivity contribution in [2.75, 3.05) is 6.54 Å². The number of amides is 1. The highest BCUT2D eigenvalue weighted by molar-refractivity contribution is 5.75. The number of halogens is 3. The summed E-state index contributed by atoms with van der Waals surface area (Å²) in [5.74, 6) is 0.436. The molecule has 1 atom stereocenters. The summed E-state index contributed by atoms with van der Waals surface area (Å²) in [7, 11) is 0. The number of ether oxygens (including phenoxy) is 2. The maximum Gasteiger partial charge on any atom is 0.573 e. The Morgan fingerprint density at radius 2 is 2.00 bits per heavy atom. The first-order valence-corrected chi connectivity index (χ1v) is 8.26. The second-order valence-electron chi connectivity index (χ2n) is 6.00. The number of hydrogen-bond donors (Lipinski definition) is 1. The zero-order valence-electron chi connectivity index (χ0n) is 14.1. The van der Waals surface area contributed by atoms with Crippen LogP contribution in [0.3, 0.4) is 0 Å². The highest BCUT2D eigenvalue weighted by Crippen LogP contribution is 2.34. The van der Waals surface area contributed by atoms with E-state index in [1.165, 1.54) is 18.2 Å². The standard InChI is InChI=1S/C19H18F3NO3/c1-2-18(24)23-11-16-10-14-8-13(6-7-17(14)25-16)12-4-3-5-15(9-12)26-19(20,21)22/h3-9,16H,2,10-11H2,1H3,(H,23,24). The van der Waals surface area contributed by atoms with Gasteiger partial charge in [-0.3, -0.25) is 4.79 Å². The lowest BCUT2D eigenvalue weighted by Gasteiger charge is -2.11. The quantitative estimate of drug-likeness (QED) is 0.869. The van der Waals surface area contributed by atoms with Crippen LogP contribution in [-0.4, -0.2) is 24.9 Å². The van der Waals surface area contributed by atoms with E-state index in [0.717, 1.165) is 16.9 Å². The number of hydrogen-bond acceptors (Lipinski definition) is 3. The highest BCUT2D eigenvalue weighted by Gasteiger charge is 2.31. The molecule has 1 aliphatic heterocycles. The Bertz CT molecular complexity index is 805. The molecule has 0 aliphatic carbocycles. The summed E-state index contributed by atoms with van der Waals surface area (Å²) in [4.78, 5) is 11.4. The van der Waals surface area contributed by atoms with Gasteiger partial charge < -0.3 is 14.8 Å². The number of benzene rings is 2. The Labute approximate surface area is 148 Å². The smallest absolute Gasteiger partial charge is 0.488 e. The van der Waals surface area contributed by atoms with Crippen LogP contribution in [0, 0.1) is 0 Å². The van der Waals surface area contributed by atoms with Crippen molar-refractivity contribution in [2.24, 2.45) is 0 Å². The zero-order chi connectivity index (χ0) is 18.7. The minimum atomic E-state index is -4.72. The zero-order valence-corrected chi connectivity index (χ0v) is 14.1. The lowest BCUT2D eigenvalue weighted by atomic mass is 10.0. The molecule has 0 bridgehead atoms. The summed E-state index contributed by atoms with van der Waals surface area (Å²) >= 11 is 0. The molecule has 3 rings (SSSR count). The Balaban J connectivity index is 1.73. The number of alkyl halides is 3. The average molecular weight is 365 g/mol. The molecule has 0 saturated heterocycles. The third-order valence-corrected chi connectivity index (χ3v) is 4.05. The monoisotopic (exact) mass is 365 g/mol. The molecular weight excluding hydrogens is 347 g/mol. The van der Waals surface area contributed by atoms with Crippen LogP contribution >= 0.6 is 0 Å². The SMILES string of the molecule is CCC(=O)NCC1Cc2cc(-c3cccc(OC(F)(F)F)c3)ccc2O1. The van der Waals surface area contributed by atoms with Crippen molar-refractivity contribution in [3.63, 3.8) is 0 Å². The molecule has 0 saturated carbocycles. The van der Waals surface area contributed by atoms with Crippen molar-refractivity contribution in [3.05, 3.63) is 48.0 Å². The van der Waals surface area contributed by atoms with Gasteiger partial charge in [-0.25, -0.2) is 0 Å². The molecule has 1 N–H and O–H groups in total. The van der Waals surface area contributed by atoms with E-state index in [1.54, 1.807) is 25.1 Å². The molecule has 2 aromatic rings. The summed E-state index contributed by atoms with van der Waals surface area (Å²) in [6.07, 6.45) is -3.82. The van der Waals surface area contributed by atoms with Crippen molar-refractivity contribution < 1.29 is 27.4 Å². The predicted octanol–water partition coefficient (Wildman–Crippen LogP) is 4.08. The topological polar surface area (TPSA) is 47.6 Å². The van der Waals surface area contributed by atoms with Gasteiger partial charge in [0, 0.05) is 12.8 Å². The Hall–Kier alpha value is -2.70. The molecule has 2 aromatic carbocycles. The van der Waals surface area contributed by atoms with Gasteiger partial charge in [-0.2, -0.15) is 0 Å². The van der Waals surface area contributed by atoms with Gasteiger partial charge in [0.05, 0.1) is 6.54 Å². The normalized spacial score (nSPS) is 15.9. The molecule has 1 amide bonds. The number of fused-ring (bicyclic) bond motifs is 1. The fraction of sp³-hybridized carbons (Fsp3) is 0.316. The van der Waals surface area contributed by atoms with Gasteiger partial charge >= 0.3 is 6.36 Å². The first-order chi connectivity index (χ1) is 12.3. The van der Waals surface area contributed by atoms with E-state index in [-0.39, 0.29) is 17.8 Å². The summed E-state index contributed by atoms with van der Waals surface area (Å²) in [6, 6.07) is 11.3. The van der Waals surface area contributed by atoms with E-state index in [0.29, 0.717) is 24.9 Å². The molecule has 0 aromatic heterocycles. The van der Waals surface area contributed by atoms with Gasteiger partial charge in [-0.1, -0.05) is 25.1 Å². The minimum absolute atomic E-state index is 0.0354. The summed E-state index contributed by atoms with van der Waals surface area (Å²) in [6.45, 7) is 2.20. The maximum atomic E-state index is 12.4. The predicted molar refractivity (Wildman–Crippen MR) is 90.0 cm³/mol. The van der Waals surface area contributed by atoms with Crippen molar-refractivity contribution in [2.45, 2.75) is 32.2 Å². The van der Waals surface area contributed by atoms with Crippen LogP contribution in [0.15, 0.2) is 42.5 Å². The van der Waals surface area contributed by atoms with Crippen molar-refractivity contribution in [1.82, 2.24) is 5.32 Å². The van der Waals surface area contributed by atoms with Gasteiger partial charge in [0.2, 0.25) is 5.91 Å². The Kier molecular flexibility index (Phi) is 5.06. The van der Waals surface area contributed by atoms with Crippen molar-refractivity contribution in [1.29, 1.82) is 0 Å². The number of rotatable bonds is 5. The second kappa shape index (κ2) is 7.27. The van der Waals surface area contributed by atoms with Crippen LogP contribution in [-0.2, 0) is 11.2 Å². The fourth-order valence-electron chi connectivity index (χ4n) is 2.84. The van der Waals surface area contributed by atoms with Crippen LogP contribution in [0.1, 0.15) is 18.9 Å². The Morgan fingerprint density at radius 3 is 2.73 bits per heavy atom. The molecule has 4 nitrogen and oxygen atoms in total. The van der Waals surface area contributed by atoms with Crippen LogP contribution in [0.25, 0.3) is 11.1 Å². The van der Waals surface area contributed by atoms with E-state index in [2.05, 4.69) is 10.1 Å². The fourth-order valence-corrected chi connectivity index (χ4v) is 2.84. The van der Waals surface area contributed by atoms with Gasteiger partial charge in [-0.15, -0.1) is 13.2 Å². The van der Waals surface area contributed by atoms with Gasteiger partial charge in [-0.05, 0) is 41.0 Å². The Morgan fingerprint density at radius 1 is 1.23 bits per heavy atom. The lowest BCUT2D eigenvalue weighted by Crippen LogP contribution is -2.33. The first-order valence-electron chi connectivity index (χ1n) is 8.26. The third-order valence-electron chi connectivity index (χ3n) is 4.05. The van der Waals surface area contributed by atoms with E-state index < -0.39 is 6.36 Å². The largest absolute Gasteiger partial charge is 0.573 e. The highest BCUT2D eigenvalue weighted by atomic mass is 19.4. The van der Waals surface area contributed by atoms with Gasteiger partial charge in [0.25, 0.3) is 0 Å². The summed E-state index contributed by atoms with van der Waals surface area (Å²) < 4.78 is 46.9. The lowest BCUT2D eigenvalue weighted by molar-refractivity contribution is -0.274. The van der Waals surface area contributed by atoms with Crippen LogP contribution in [0.4, 0.5) is 13.2 Å². The van der Waals surface area contributed by atoms with Gasteiger partial charge in [0.1, 0.15) is 17.6 Å². The van der Waals surface area contributed by atoms with E-state index in [1.807, 2.05) is 6.07 Å². The number of nitrogens with one attached hydrogen (secondary N) is 1. The van der Waals surface area contributed by atoms with Crippen molar-refractivity contribution in [3.8, 4) is 22.6 Å². The molecule has 1 heterocycles. The second-order valence-corrected chi connectivity index (χ2v) is 6.00. The molecule has 7 heteroatoms. The van der Waals surface area contributed by atoms with Gasteiger partial charge in [0.15, 0.2) is 0 Å². The number of carbonyl (C=O) groups is 1. The number of carbonyl (C=O) groups excluding carboxylic acids is 1. The average Bonchev–Trinajstić information content (AvgIpc) is 3.00. The molecular formula is C19H18F3NO3. The van der Waals surface area contributed by atoms with E-state index in [4.69, 9.17) is 4.74 Å². The summed E-state index contributed by atoms with van der Waals surface area (Å²) in [5, 5.41) is 2.80. The third kappa shape index (κ3) is 4.47. The molecule has 138 valence electrons. The van der Waals surface area contributed by atoms with E-state index >= 15 is 0 Å². The first kappa shape index (κ1) is 18.1. The molecule has 0 fully saturated rings. The molecule has 1 aliphatic rings. The molecule has 1 unspecified atom stereocenters. The van der Waals surface area contributed by atoms with Crippen molar-refractivity contribution >= 4 is 5.91 Å². The van der Waals surface area contributed by atoms with Crippen LogP contribution < -0.4 is 14.8 Å². The van der Waals surface area contributed by atoms with Crippen LogP contribution in [0.5, 0.6) is 11.5 Å². The maximum absolute atomic E-state index is 12.4. The summed E-state index contributed by atoms with van der Waals surface area (Å²) in [5.41, 5.74) is 2.36. The molecule has 0 radical (unpaired) electrons. The van der Waals surface area contributed by atoms with Crippen LogP contribution in [0.2, 0.25) is 0 Å².